The van der Waals surface area contributed by atoms with Crippen LogP contribution in [0.5, 0.6) is 0 Å². The van der Waals surface area contributed by atoms with Gasteiger partial charge in [0, 0.05) is 29.7 Å². The molecule has 3 aliphatic rings. The third-order valence-electron chi connectivity index (χ3n) is 5.93. The van der Waals surface area contributed by atoms with E-state index >= 15 is 0 Å². The molecule has 3 nitrogen and oxygen atoms in total. The zero-order chi connectivity index (χ0) is 24.3. The number of hydrogen-bond donors (Lipinski definition) is 0. The summed E-state index contributed by atoms with van der Waals surface area (Å²) in [7, 11) is 1.79. The van der Waals surface area contributed by atoms with Crippen molar-refractivity contribution in [3.8, 4) is 0 Å². The van der Waals surface area contributed by atoms with Gasteiger partial charge in [-0.3, -0.25) is 5.01 Å². The Kier molecular flexibility index (Phi) is 14.8. The second kappa shape index (κ2) is 16.7. The van der Waals surface area contributed by atoms with Crippen molar-refractivity contribution in [2.75, 3.05) is 26.5 Å². The van der Waals surface area contributed by atoms with Crippen LogP contribution in [0.3, 0.4) is 0 Å². The van der Waals surface area contributed by atoms with Crippen LogP contribution < -0.4 is 0 Å². The van der Waals surface area contributed by atoms with Crippen LogP contribution in [0.2, 0.25) is 0 Å². The van der Waals surface area contributed by atoms with Crippen molar-refractivity contribution < 1.29 is 21.8 Å². The molecule has 1 aliphatic heterocycles. The molecule has 35 heavy (non-hydrogen) atoms. The molecular weight excluding hydrogens is 512 g/mol. The number of ether oxygens (including phenoxy) is 1. The van der Waals surface area contributed by atoms with E-state index in [0.717, 1.165) is 19.6 Å². The molecule has 3 fully saturated rings. The summed E-state index contributed by atoms with van der Waals surface area (Å²) in [5.74, 6) is 1.74. The zero-order valence-electron chi connectivity index (χ0n) is 21.5. The fraction of sp³-hybridized carbons (Fsp3) is 0.414. The summed E-state index contributed by atoms with van der Waals surface area (Å²) in [5.41, 5.74) is 2.49. The van der Waals surface area contributed by atoms with Crippen LogP contribution in [-0.4, -0.2) is 48.5 Å². The van der Waals surface area contributed by atoms with Gasteiger partial charge in [-0.2, -0.15) is 16.9 Å². The van der Waals surface area contributed by atoms with Gasteiger partial charge in [-0.15, -0.1) is 11.8 Å². The third kappa shape index (κ3) is 9.60. The van der Waals surface area contributed by atoms with E-state index in [0.29, 0.717) is 12.0 Å². The molecule has 1 aromatic carbocycles. The summed E-state index contributed by atoms with van der Waals surface area (Å²) in [6, 6.07) is 9.23. The van der Waals surface area contributed by atoms with E-state index in [4.69, 9.17) is 9.84 Å². The van der Waals surface area contributed by atoms with Crippen LogP contribution in [-0.2, 0) is 21.8 Å². The molecule has 188 valence electrons. The van der Waals surface area contributed by atoms with E-state index in [9.17, 15) is 0 Å². The Morgan fingerprint density at radius 1 is 1.06 bits per heavy atom. The smallest absolute Gasteiger partial charge is 0.382 e. The van der Waals surface area contributed by atoms with Gasteiger partial charge in [0.05, 0.1) is 23.6 Å². The Balaban J connectivity index is 0.000000640. The number of aryl methyl sites for hydroxylation is 1. The number of thioether (sulfide) groups is 2. The Morgan fingerprint density at radius 2 is 1.71 bits per heavy atom. The van der Waals surface area contributed by atoms with Crippen LogP contribution >= 0.6 is 23.5 Å². The average molecular weight is 551 g/mol. The first-order valence-corrected chi connectivity index (χ1v) is 14.2. The Labute approximate surface area is 234 Å². The van der Waals surface area contributed by atoms with Crippen LogP contribution in [0.25, 0.3) is 0 Å². The maximum Gasteiger partial charge on any atom is 2.00 e. The topological polar surface area (TPSA) is 24.8 Å². The molecule has 1 saturated heterocycles. The number of hydrazone groups is 1. The summed E-state index contributed by atoms with van der Waals surface area (Å²) in [6.45, 7) is 8.50. The Bertz CT molecular complexity index is 731. The summed E-state index contributed by atoms with van der Waals surface area (Å²) in [4.78, 5) is 1.30. The molecule has 10 radical (unpaired) electrons. The predicted octanol–water partition coefficient (Wildman–Crippen LogP) is 6.69. The molecule has 4 rings (SSSR count). The van der Waals surface area contributed by atoms with Gasteiger partial charge in [0.1, 0.15) is 0 Å². The number of methoxy groups -OCH3 is 1. The Hall–Kier alpha value is -0.131. The molecule has 0 spiro atoms. The van der Waals surface area contributed by atoms with Gasteiger partial charge < -0.3 is 4.74 Å². The first-order chi connectivity index (χ1) is 16.5. The van der Waals surface area contributed by atoms with Crippen molar-refractivity contribution in [3.63, 3.8) is 0 Å². The van der Waals surface area contributed by atoms with E-state index in [1.54, 1.807) is 18.9 Å². The molecule has 0 N–H and O–H groups in total. The van der Waals surface area contributed by atoms with Gasteiger partial charge in [0.15, 0.2) is 0 Å². The standard InChI is InChI=1S/C24H33N2OS2.C5H5.Fe/c1-17(2)24(29-20-13-11-18(3)12-14-20)23(21-9-6-10-22(21)28-5)25-26-15-7-8-19(26)16-27-4;1-2-4-5-3-1;/h6,9-14,17,19,24H,7-8,15-16H2,1-5H3;1-5H;/q;;+2/b25-23+;;/t19-,24-;;/m0../s1. The number of hydrogen-bond acceptors (Lipinski definition) is 5. The van der Waals surface area contributed by atoms with Crippen molar-refractivity contribution in [2.45, 2.75) is 49.8 Å². The minimum absolute atomic E-state index is 0. The number of nitrogens with zero attached hydrogens (tertiary/aromatic N) is 2. The van der Waals surface area contributed by atoms with E-state index in [-0.39, 0.29) is 22.3 Å². The van der Waals surface area contributed by atoms with E-state index in [1.807, 2.05) is 43.9 Å². The number of rotatable bonds is 9. The minimum Gasteiger partial charge on any atom is -0.382 e. The van der Waals surface area contributed by atoms with Crippen molar-refractivity contribution in [3.05, 3.63) is 92.4 Å². The molecule has 0 unspecified atom stereocenters. The monoisotopic (exact) mass is 550 g/mol. The number of benzene rings is 1. The average Bonchev–Trinajstić information content (AvgIpc) is 3.61. The molecule has 2 aliphatic carbocycles. The quantitative estimate of drug-likeness (QED) is 0.194. The molecule has 0 amide bonds. The van der Waals surface area contributed by atoms with Crippen molar-refractivity contribution in [1.82, 2.24) is 5.01 Å². The normalized spacial score (nSPS) is 22.3. The molecule has 1 aromatic rings. The van der Waals surface area contributed by atoms with E-state index in [2.05, 4.69) is 75.6 Å². The second-order valence-electron chi connectivity index (χ2n) is 8.97. The van der Waals surface area contributed by atoms with E-state index < -0.39 is 0 Å². The van der Waals surface area contributed by atoms with Crippen molar-refractivity contribution >= 4 is 29.2 Å². The molecule has 1 heterocycles. The molecule has 0 bridgehead atoms. The molecular formula is C29H38FeN2OS2+2. The first kappa shape index (κ1) is 31.1. The maximum atomic E-state index is 5.47. The molecule has 6 heteroatoms. The van der Waals surface area contributed by atoms with Gasteiger partial charge in [-0.1, -0.05) is 31.5 Å². The SMILES string of the molecule is COC[C@@H]1CCCN1/N=C(\[C]1[CH][CH][CH][C]1SC)[C@@H](Sc1ccc(C)cc1)C(C)C.[CH]1[CH][CH][CH][CH]1.[Fe+2]. The van der Waals surface area contributed by atoms with Crippen LogP contribution in [0.1, 0.15) is 32.3 Å². The predicted molar refractivity (Wildman–Crippen MR) is 149 cm³/mol. The zero-order valence-corrected chi connectivity index (χ0v) is 24.2. The van der Waals surface area contributed by atoms with Gasteiger partial charge in [-0.05, 0) is 95.4 Å². The van der Waals surface area contributed by atoms with Gasteiger partial charge in [-0.25, -0.2) is 0 Å². The third-order valence-corrected chi connectivity index (χ3v) is 8.29. The second-order valence-corrected chi connectivity index (χ2v) is 11.0. The van der Waals surface area contributed by atoms with Crippen molar-refractivity contribution in [1.29, 1.82) is 0 Å². The van der Waals surface area contributed by atoms with Crippen molar-refractivity contribution in [2.24, 2.45) is 11.0 Å². The molecule has 2 saturated carbocycles. The summed E-state index contributed by atoms with van der Waals surface area (Å²) in [6.07, 6.45) is 21.1. The summed E-state index contributed by atoms with van der Waals surface area (Å²) >= 11 is 3.73. The molecule has 0 aromatic heterocycles. The largest absolute Gasteiger partial charge is 2.00 e. The van der Waals surface area contributed by atoms with Crippen LogP contribution in [0.15, 0.2) is 34.3 Å². The minimum atomic E-state index is 0. The summed E-state index contributed by atoms with van der Waals surface area (Å²) in [5, 5.41) is 9.17. The summed E-state index contributed by atoms with van der Waals surface area (Å²) < 4.78 is 5.47. The van der Waals surface area contributed by atoms with Crippen LogP contribution in [0.4, 0.5) is 0 Å². The van der Waals surface area contributed by atoms with E-state index in [1.165, 1.54) is 33.8 Å². The first-order valence-electron chi connectivity index (χ1n) is 12.1. The fourth-order valence-electron chi connectivity index (χ4n) is 4.10. The molecule has 2 atom stereocenters. The van der Waals surface area contributed by atoms with Crippen LogP contribution in [0, 0.1) is 75.4 Å². The van der Waals surface area contributed by atoms with Gasteiger partial charge >= 0.3 is 17.1 Å². The van der Waals surface area contributed by atoms with Gasteiger partial charge in [0.25, 0.3) is 0 Å². The maximum absolute atomic E-state index is 5.47. The van der Waals surface area contributed by atoms with Gasteiger partial charge in [0.2, 0.25) is 0 Å². The fourth-order valence-corrected chi connectivity index (χ4v) is 5.85. The Morgan fingerprint density at radius 3 is 2.29 bits per heavy atom.